The van der Waals surface area contributed by atoms with Gasteiger partial charge in [-0.05, 0) is 31.6 Å². The largest absolute Gasteiger partial charge is 0.487 e. The van der Waals surface area contributed by atoms with Crippen LogP contribution in [0.1, 0.15) is 13.8 Å². The Morgan fingerprint density at radius 1 is 1.39 bits per heavy atom. The van der Waals surface area contributed by atoms with Gasteiger partial charge in [-0.15, -0.1) is 0 Å². The molecule has 0 bridgehead atoms. The van der Waals surface area contributed by atoms with Crippen molar-refractivity contribution in [3.8, 4) is 5.75 Å². The molecule has 6 nitrogen and oxygen atoms in total. The predicted molar refractivity (Wildman–Crippen MR) is 88.9 cm³/mol. The molecule has 126 valence electrons. The number of benzene rings is 1. The van der Waals surface area contributed by atoms with Crippen molar-refractivity contribution in [3.05, 3.63) is 36.4 Å². The monoisotopic (exact) mass is 320 g/mol. The number of ether oxygens (including phenoxy) is 3. The first-order valence-electron chi connectivity index (χ1n) is 7.73. The van der Waals surface area contributed by atoms with Gasteiger partial charge in [0, 0.05) is 6.61 Å². The van der Waals surface area contributed by atoms with Crippen LogP contribution >= 0.6 is 0 Å². The SMILES string of the molecule is C=C(C)COc1ccccc1NC(=O)N[C@@H]1COC[C@H]1OCC. The maximum absolute atomic E-state index is 12.2. The number of carbonyl (C=O) groups is 1. The summed E-state index contributed by atoms with van der Waals surface area (Å²) in [6.45, 7) is 9.55. The maximum atomic E-state index is 12.2. The highest BCUT2D eigenvalue weighted by atomic mass is 16.5. The van der Waals surface area contributed by atoms with Gasteiger partial charge in [0.25, 0.3) is 0 Å². The molecule has 1 aliphatic rings. The van der Waals surface area contributed by atoms with Crippen LogP contribution in [0.3, 0.4) is 0 Å². The molecule has 2 N–H and O–H groups in total. The van der Waals surface area contributed by atoms with E-state index in [1.54, 1.807) is 12.1 Å². The molecule has 1 fully saturated rings. The summed E-state index contributed by atoms with van der Waals surface area (Å²) in [6, 6.07) is 6.83. The van der Waals surface area contributed by atoms with E-state index in [0.717, 1.165) is 5.57 Å². The third-order valence-electron chi connectivity index (χ3n) is 3.33. The van der Waals surface area contributed by atoms with E-state index in [1.165, 1.54) is 0 Å². The van der Waals surface area contributed by atoms with Gasteiger partial charge in [0.05, 0.1) is 24.9 Å². The number of hydrogen-bond donors (Lipinski definition) is 2. The third kappa shape index (κ3) is 5.26. The van der Waals surface area contributed by atoms with Crippen LogP contribution in [0.15, 0.2) is 36.4 Å². The van der Waals surface area contributed by atoms with E-state index in [1.807, 2.05) is 26.0 Å². The molecule has 1 heterocycles. The summed E-state index contributed by atoms with van der Waals surface area (Å²) in [5.41, 5.74) is 1.52. The number of para-hydroxylation sites is 2. The predicted octanol–water partition coefficient (Wildman–Crippen LogP) is 2.57. The average molecular weight is 320 g/mol. The van der Waals surface area contributed by atoms with Crippen molar-refractivity contribution in [1.29, 1.82) is 0 Å². The van der Waals surface area contributed by atoms with Gasteiger partial charge < -0.3 is 24.8 Å². The lowest BCUT2D eigenvalue weighted by Gasteiger charge is -2.19. The highest BCUT2D eigenvalue weighted by Gasteiger charge is 2.30. The number of carbonyl (C=O) groups excluding carboxylic acids is 1. The Bertz CT molecular complexity index is 547. The zero-order valence-corrected chi connectivity index (χ0v) is 13.6. The van der Waals surface area contributed by atoms with E-state index in [2.05, 4.69) is 17.2 Å². The van der Waals surface area contributed by atoms with E-state index in [4.69, 9.17) is 14.2 Å². The molecule has 0 unspecified atom stereocenters. The van der Waals surface area contributed by atoms with E-state index >= 15 is 0 Å². The van der Waals surface area contributed by atoms with Gasteiger partial charge in [0.2, 0.25) is 0 Å². The number of urea groups is 1. The topological polar surface area (TPSA) is 68.8 Å². The fraction of sp³-hybridized carbons (Fsp3) is 0.471. The minimum Gasteiger partial charge on any atom is -0.487 e. The van der Waals surface area contributed by atoms with Crippen LogP contribution in [0, 0.1) is 0 Å². The molecule has 2 amide bonds. The number of hydrogen-bond acceptors (Lipinski definition) is 4. The number of anilines is 1. The zero-order valence-electron chi connectivity index (χ0n) is 13.6. The van der Waals surface area contributed by atoms with Crippen LogP contribution in [0.4, 0.5) is 10.5 Å². The van der Waals surface area contributed by atoms with Crippen molar-refractivity contribution < 1.29 is 19.0 Å². The van der Waals surface area contributed by atoms with E-state index in [9.17, 15) is 4.79 Å². The maximum Gasteiger partial charge on any atom is 0.319 e. The third-order valence-corrected chi connectivity index (χ3v) is 3.33. The molecule has 0 radical (unpaired) electrons. The van der Waals surface area contributed by atoms with Gasteiger partial charge in [-0.3, -0.25) is 0 Å². The van der Waals surface area contributed by atoms with Crippen LogP contribution in [-0.4, -0.2) is 44.6 Å². The highest BCUT2D eigenvalue weighted by Crippen LogP contribution is 2.24. The standard InChI is InChI=1S/C17H24N2O4/c1-4-22-16-11-21-10-14(16)19-17(20)18-13-7-5-6-8-15(13)23-9-12(2)3/h5-8,14,16H,2,4,9-11H2,1,3H3,(H2,18,19,20)/t14-,16-/m1/s1. The van der Waals surface area contributed by atoms with Crippen LogP contribution in [0.2, 0.25) is 0 Å². The van der Waals surface area contributed by atoms with Gasteiger partial charge in [0.1, 0.15) is 18.5 Å². The van der Waals surface area contributed by atoms with Crippen molar-refractivity contribution in [2.75, 3.05) is 31.7 Å². The summed E-state index contributed by atoms with van der Waals surface area (Å²) < 4.78 is 16.6. The molecule has 0 saturated carbocycles. The first kappa shape index (κ1) is 17.3. The summed E-state index contributed by atoms with van der Waals surface area (Å²) >= 11 is 0. The number of rotatable bonds is 7. The Labute approximate surface area is 136 Å². The molecule has 1 aromatic carbocycles. The lowest BCUT2D eigenvalue weighted by molar-refractivity contribution is 0.0428. The molecule has 0 spiro atoms. The first-order chi connectivity index (χ1) is 11.1. The lowest BCUT2D eigenvalue weighted by atomic mass is 10.2. The second-order valence-corrected chi connectivity index (χ2v) is 5.48. The zero-order chi connectivity index (χ0) is 16.7. The van der Waals surface area contributed by atoms with Crippen LogP contribution in [0.25, 0.3) is 0 Å². The number of nitrogens with one attached hydrogen (secondary N) is 2. The molecule has 2 atom stereocenters. The van der Waals surface area contributed by atoms with Crippen molar-refractivity contribution in [2.24, 2.45) is 0 Å². The Hall–Kier alpha value is -2.05. The summed E-state index contributed by atoms with van der Waals surface area (Å²) in [5.74, 6) is 0.606. The summed E-state index contributed by atoms with van der Waals surface area (Å²) in [7, 11) is 0. The average Bonchev–Trinajstić information content (AvgIpc) is 2.93. The fourth-order valence-electron chi connectivity index (χ4n) is 2.27. The summed E-state index contributed by atoms with van der Waals surface area (Å²) in [5, 5.41) is 5.69. The first-order valence-corrected chi connectivity index (χ1v) is 7.73. The minimum absolute atomic E-state index is 0.111. The van der Waals surface area contributed by atoms with Crippen molar-refractivity contribution in [1.82, 2.24) is 5.32 Å². The van der Waals surface area contributed by atoms with Gasteiger partial charge in [-0.2, -0.15) is 0 Å². The van der Waals surface area contributed by atoms with E-state index < -0.39 is 0 Å². The van der Waals surface area contributed by atoms with E-state index in [0.29, 0.717) is 37.9 Å². The second-order valence-electron chi connectivity index (χ2n) is 5.48. The normalized spacial score (nSPS) is 20.1. The Kier molecular flexibility index (Phi) is 6.43. The molecule has 6 heteroatoms. The molecule has 2 rings (SSSR count). The van der Waals surface area contributed by atoms with Gasteiger partial charge in [0.15, 0.2) is 0 Å². The molecule has 0 aliphatic carbocycles. The molecule has 1 saturated heterocycles. The molecule has 0 aromatic heterocycles. The minimum atomic E-state index is -0.309. The van der Waals surface area contributed by atoms with Gasteiger partial charge >= 0.3 is 6.03 Å². The van der Waals surface area contributed by atoms with E-state index in [-0.39, 0.29) is 18.2 Å². The van der Waals surface area contributed by atoms with Crippen LogP contribution < -0.4 is 15.4 Å². The smallest absolute Gasteiger partial charge is 0.319 e. The van der Waals surface area contributed by atoms with Crippen molar-refractivity contribution in [2.45, 2.75) is 26.0 Å². The molecule has 1 aromatic rings. The van der Waals surface area contributed by atoms with Gasteiger partial charge in [-0.25, -0.2) is 4.79 Å². The second kappa shape index (κ2) is 8.55. The van der Waals surface area contributed by atoms with Gasteiger partial charge in [-0.1, -0.05) is 18.7 Å². The lowest BCUT2D eigenvalue weighted by Crippen LogP contribution is -2.45. The van der Waals surface area contributed by atoms with Crippen molar-refractivity contribution in [3.63, 3.8) is 0 Å². The van der Waals surface area contributed by atoms with Crippen LogP contribution in [-0.2, 0) is 9.47 Å². The Morgan fingerprint density at radius 2 is 2.17 bits per heavy atom. The quantitative estimate of drug-likeness (QED) is 0.758. The summed E-state index contributed by atoms with van der Waals surface area (Å²) in [4.78, 5) is 12.2. The van der Waals surface area contributed by atoms with Crippen molar-refractivity contribution >= 4 is 11.7 Å². The summed E-state index contributed by atoms with van der Waals surface area (Å²) in [6.07, 6.45) is -0.111. The Morgan fingerprint density at radius 3 is 2.91 bits per heavy atom. The van der Waals surface area contributed by atoms with Crippen LogP contribution in [0.5, 0.6) is 5.75 Å². The molecular weight excluding hydrogens is 296 g/mol. The fourth-order valence-corrected chi connectivity index (χ4v) is 2.27. The highest BCUT2D eigenvalue weighted by molar-refractivity contribution is 5.91. The molecule has 23 heavy (non-hydrogen) atoms. The molecule has 1 aliphatic heterocycles. The molecular formula is C17H24N2O4. The number of amides is 2. The Balaban J connectivity index is 1.93.